The van der Waals surface area contributed by atoms with Crippen molar-refractivity contribution < 1.29 is 32.3 Å². The number of ether oxygens (including phenoxy) is 1. The number of amides is 2. The number of carbonyl (C=O) groups excluding carboxylic acids is 3. The van der Waals surface area contributed by atoms with E-state index < -0.39 is 30.7 Å². The summed E-state index contributed by atoms with van der Waals surface area (Å²) < 4.78 is 45.4. The molecule has 0 fully saturated rings. The van der Waals surface area contributed by atoms with Gasteiger partial charge in [0.25, 0.3) is 0 Å². The fourth-order valence-electron chi connectivity index (χ4n) is 6.01. The largest absolute Gasteiger partial charge is 0.490 e. The van der Waals surface area contributed by atoms with Crippen LogP contribution in [-0.4, -0.2) is 71.8 Å². The van der Waals surface area contributed by atoms with Gasteiger partial charge < -0.3 is 15.0 Å². The van der Waals surface area contributed by atoms with Crippen LogP contribution in [0.5, 0.6) is 0 Å². The van der Waals surface area contributed by atoms with Crippen molar-refractivity contribution in [3.63, 3.8) is 0 Å². The van der Waals surface area contributed by atoms with E-state index in [1.54, 1.807) is 60.6 Å². The van der Waals surface area contributed by atoms with E-state index in [1.807, 2.05) is 0 Å². The fraction of sp³-hybridized carbons (Fsp3) is 0.344. The number of alkyl halides is 3. The maximum atomic E-state index is 13.9. The Bertz CT molecular complexity index is 1940. The standard InChI is InChI=1S/C32H29Cl2F3N8O4/c1-18-3-2-4-26(43-10-8-19(14-28(43)46)22-15-21(33)5-6-25(22)45-17-27(34)41-42-45)23-13-20(7-9-38-23)29-24(40-30(18)47)16-39-44(29)11-12-49-31(48)32(35,36)37/h5-7,9,13-18,26H,2-4,8,10-12H2,1H3,(H,40,47)/t18-,26+/m1/s1. The Kier molecular flexibility index (Phi) is 9.75. The number of pyridine rings is 1. The van der Waals surface area contributed by atoms with Crippen LogP contribution in [0.1, 0.15) is 49.9 Å². The van der Waals surface area contributed by atoms with Crippen LogP contribution in [0.4, 0.5) is 18.9 Å². The predicted molar refractivity (Wildman–Crippen MR) is 173 cm³/mol. The predicted octanol–water partition coefficient (Wildman–Crippen LogP) is 6.05. The topological polar surface area (TPSA) is 137 Å². The van der Waals surface area contributed by atoms with Gasteiger partial charge in [-0.05, 0) is 55.2 Å². The Morgan fingerprint density at radius 1 is 1.14 bits per heavy atom. The van der Waals surface area contributed by atoms with Crippen molar-refractivity contribution in [3.8, 4) is 16.9 Å². The number of hydrogen-bond donors (Lipinski definition) is 1. The number of esters is 1. The number of nitrogens with one attached hydrogen (secondary N) is 1. The van der Waals surface area contributed by atoms with E-state index >= 15 is 0 Å². The van der Waals surface area contributed by atoms with Gasteiger partial charge in [-0.15, -0.1) is 5.10 Å². The maximum Gasteiger partial charge on any atom is 0.490 e. The van der Waals surface area contributed by atoms with Gasteiger partial charge in [0.05, 0.1) is 47.7 Å². The number of rotatable bonds is 6. The van der Waals surface area contributed by atoms with Crippen LogP contribution in [-0.2, 0) is 25.7 Å². The maximum absolute atomic E-state index is 13.9. The van der Waals surface area contributed by atoms with Gasteiger partial charge in [-0.25, -0.2) is 9.48 Å². The molecule has 1 aromatic carbocycles. The molecule has 1 N–H and O–H groups in total. The van der Waals surface area contributed by atoms with Crippen LogP contribution in [0.2, 0.25) is 10.2 Å². The molecule has 5 heterocycles. The molecular formula is C32H29Cl2F3N8O4. The van der Waals surface area contributed by atoms with Crippen LogP contribution in [0.25, 0.3) is 22.5 Å². The zero-order chi connectivity index (χ0) is 34.9. The molecule has 6 rings (SSSR count). The number of nitrogens with zero attached hydrogens (tertiary/aromatic N) is 7. The van der Waals surface area contributed by atoms with E-state index in [2.05, 4.69) is 30.4 Å². The smallest absolute Gasteiger partial charge is 0.457 e. The molecule has 256 valence electrons. The lowest BCUT2D eigenvalue weighted by molar-refractivity contribution is -0.199. The van der Waals surface area contributed by atoms with Crippen molar-refractivity contribution in [1.82, 2.24) is 34.7 Å². The summed E-state index contributed by atoms with van der Waals surface area (Å²) in [4.78, 5) is 44.7. The molecule has 2 aliphatic heterocycles. The second kappa shape index (κ2) is 14.0. The van der Waals surface area contributed by atoms with Crippen molar-refractivity contribution in [2.75, 3.05) is 18.5 Å². The molecule has 17 heteroatoms. The molecule has 12 nitrogen and oxygen atoms in total. The molecular weight excluding hydrogens is 688 g/mol. The van der Waals surface area contributed by atoms with E-state index in [4.69, 9.17) is 23.2 Å². The summed E-state index contributed by atoms with van der Waals surface area (Å²) in [6.07, 6.45) is 3.11. The van der Waals surface area contributed by atoms with Crippen molar-refractivity contribution in [2.24, 2.45) is 5.92 Å². The Labute approximate surface area is 287 Å². The third kappa shape index (κ3) is 7.47. The zero-order valence-corrected chi connectivity index (χ0v) is 27.5. The van der Waals surface area contributed by atoms with Gasteiger partial charge in [-0.3, -0.25) is 19.3 Å². The Hall–Kier alpha value is -4.76. The first kappa shape index (κ1) is 34.1. The third-order valence-electron chi connectivity index (χ3n) is 8.42. The highest BCUT2D eigenvalue weighted by Crippen LogP contribution is 2.37. The highest BCUT2D eigenvalue weighted by molar-refractivity contribution is 6.31. The molecule has 2 bridgehead atoms. The highest BCUT2D eigenvalue weighted by Gasteiger charge is 2.41. The second-order valence-corrected chi connectivity index (χ2v) is 12.5. The van der Waals surface area contributed by atoms with E-state index in [-0.39, 0.29) is 23.5 Å². The lowest BCUT2D eigenvalue weighted by Crippen LogP contribution is -2.38. The number of fused-ring (bicyclic) bond motifs is 4. The van der Waals surface area contributed by atoms with Gasteiger partial charge in [-0.2, -0.15) is 18.3 Å². The summed E-state index contributed by atoms with van der Waals surface area (Å²) in [5.74, 6) is -3.21. The molecule has 2 atom stereocenters. The van der Waals surface area contributed by atoms with Crippen LogP contribution >= 0.6 is 23.2 Å². The molecule has 0 aliphatic carbocycles. The number of halogens is 5. The van der Waals surface area contributed by atoms with Gasteiger partial charge in [0.15, 0.2) is 5.15 Å². The van der Waals surface area contributed by atoms with E-state index in [1.165, 1.54) is 15.6 Å². The van der Waals surface area contributed by atoms with Crippen molar-refractivity contribution in [1.29, 1.82) is 0 Å². The van der Waals surface area contributed by atoms with Crippen molar-refractivity contribution in [2.45, 2.75) is 51.4 Å². The minimum Gasteiger partial charge on any atom is -0.457 e. The molecule has 0 spiro atoms. The monoisotopic (exact) mass is 716 g/mol. The van der Waals surface area contributed by atoms with E-state index in [9.17, 15) is 27.6 Å². The Morgan fingerprint density at radius 3 is 2.69 bits per heavy atom. The first-order chi connectivity index (χ1) is 23.4. The fourth-order valence-corrected chi connectivity index (χ4v) is 6.31. The van der Waals surface area contributed by atoms with Gasteiger partial charge in [-0.1, -0.05) is 41.8 Å². The molecule has 4 aromatic rings. The normalized spacial score (nSPS) is 18.6. The minimum atomic E-state index is -5.13. The molecule has 0 unspecified atom stereocenters. The zero-order valence-electron chi connectivity index (χ0n) is 26.0. The summed E-state index contributed by atoms with van der Waals surface area (Å²) in [5.41, 5.74) is 3.98. The van der Waals surface area contributed by atoms with Crippen LogP contribution in [0.3, 0.4) is 0 Å². The van der Waals surface area contributed by atoms with Crippen LogP contribution in [0.15, 0.2) is 55.0 Å². The summed E-state index contributed by atoms with van der Waals surface area (Å²) in [6.45, 7) is 1.33. The van der Waals surface area contributed by atoms with Crippen LogP contribution in [0, 0.1) is 5.92 Å². The van der Waals surface area contributed by atoms with Crippen molar-refractivity contribution in [3.05, 3.63) is 76.4 Å². The number of anilines is 1. The van der Waals surface area contributed by atoms with Crippen molar-refractivity contribution >= 4 is 52.2 Å². The van der Waals surface area contributed by atoms with E-state index in [0.717, 1.165) is 5.57 Å². The first-order valence-corrected chi connectivity index (χ1v) is 16.1. The average Bonchev–Trinajstić information content (AvgIpc) is 3.68. The first-order valence-electron chi connectivity index (χ1n) is 15.4. The summed E-state index contributed by atoms with van der Waals surface area (Å²) in [7, 11) is 0. The summed E-state index contributed by atoms with van der Waals surface area (Å²) in [6, 6.07) is 8.24. The molecule has 0 radical (unpaired) electrons. The number of hydrogen-bond acceptors (Lipinski definition) is 8. The second-order valence-electron chi connectivity index (χ2n) is 11.7. The quantitative estimate of drug-likeness (QED) is 0.238. The summed E-state index contributed by atoms with van der Waals surface area (Å²) in [5, 5.41) is 15.8. The molecule has 49 heavy (non-hydrogen) atoms. The number of aromatic nitrogens is 6. The van der Waals surface area contributed by atoms with E-state index in [0.29, 0.717) is 71.1 Å². The van der Waals surface area contributed by atoms with Gasteiger partial charge in [0.2, 0.25) is 11.8 Å². The molecule has 2 aliphatic rings. The lowest BCUT2D eigenvalue weighted by atomic mass is 9.93. The number of benzene rings is 1. The molecule has 0 saturated carbocycles. The van der Waals surface area contributed by atoms with Gasteiger partial charge >= 0.3 is 12.1 Å². The average molecular weight is 718 g/mol. The molecule has 2 amide bonds. The number of carbonyl (C=O) groups is 3. The van der Waals surface area contributed by atoms with Gasteiger partial charge in [0.1, 0.15) is 6.61 Å². The summed E-state index contributed by atoms with van der Waals surface area (Å²) >= 11 is 12.4. The van der Waals surface area contributed by atoms with Gasteiger partial charge in [0, 0.05) is 40.9 Å². The lowest BCUT2D eigenvalue weighted by Gasteiger charge is -2.34. The molecule has 3 aromatic heterocycles. The minimum absolute atomic E-state index is 0.213. The molecule has 0 saturated heterocycles. The Balaban J connectivity index is 1.33. The SMILES string of the molecule is C[C@@H]1CCC[C@H](N2CCC(c3cc(Cl)ccc3-n3cc(Cl)nn3)=CC2=O)c2cc(ccn2)-c2c(cnn2CCOC(=O)C(F)(F)F)NC1=O. The Morgan fingerprint density at radius 2 is 1.96 bits per heavy atom. The van der Waals surface area contributed by atoms with Crippen LogP contribution < -0.4 is 5.32 Å². The third-order valence-corrected chi connectivity index (χ3v) is 8.83. The highest BCUT2D eigenvalue weighted by atomic mass is 35.5.